The Morgan fingerprint density at radius 3 is 2.41 bits per heavy atom. The van der Waals surface area contributed by atoms with Crippen LogP contribution in [0.3, 0.4) is 0 Å². The van der Waals surface area contributed by atoms with Crippen LogP contribution in [0.4, 0.5) is 5.69 Å². The van der Waals surface area contributed by atoms with Crippen molar-refractivity contribution in [2.24, 2.45) is 0 Å². The standard InChI is InChI=1S/C22H25NO6/c1-13-14(2)21-19(15(3)20(13)28-16(4)24)10-11-22(5,29-21)12-27-18-8-6-17(7-9-18)23(25)26/h6-9H,10-12H2,1-5H3. The monoisotopic (exact) mass is 399 g/mol. The van der Waals surface area contributed by atoms with Gasteiger partial charge in [-0.1, -0.05) is 0 Å². The summed E-state index contributed by atoms with van der Waals surface area (Å²) in [6.07, 6.45) is 1.51. The molecule has 154 valence electrons. The maximum Gasteiger partial charge on any atom is 0.308 e. The van der Waals surface area contributed by atoms with Crippen LogP contribution >= 0.6 is 0 Å². The summed E-state index contributed by atoms with van der Waals surface area (Å²) in [7, 11) is 0. The predicted molar refractivity (Wildman–Crippen MR) is 108 cm³/mol. The van der Waals surface area contributed by atoms with Crippen molar-refractivity contribution >= 4 is 11.7 Å². The Hall–Kier alpha value is -3.09. The van der Waals surface area contributed by atoms with E-state index in [-0.39, 0.29) is 11.7 Å². The number of hydrogen-bond acceptors (Lipinski definition) is 6. The van der Waals surface area contributed by atoms with Crippen molar-refractivity contribution in [2.75, 3.05) is 6.61 Å². The summed E-state index contributed by atoms with van der Waals surface area (Å²) in [4.78, 5) is 21.8. The minimum absolute atomic E-state index is 0.0246. The van der Waals surface area contributed by atoms with E-state index in [1.54, 1.807) is 12.1 Å². The third kappa shape index (κ3) is 4.18. The van der Waals surface area contributed by atoms with Crippen LogP contribution in [-0.2, 0) is 11.2 Å². The van der Waals surface area contributed by atoms with Crippen molar-refractivity contribution in [1.82, 2.24) is 0 Å². The Labute approximate surface area is 169 Å². The second kappa shape index (κ2) is 7.73. The molecule has 0 N–H and O–H groups in total. The van der Waals surface area contributed by atoms with Crippen molar-refractivity contribution in [3.8, 4) is 17.2 Å². The molecule has 0 amide bonds. The fraction of sp³-hybridized carbons (Fsp3) is 0.409. The second-order valence-electron chi connectivity index (χ2n) is 7.70. The van der Waals surface area contributed by atoms with Crippen LogP contribution in [-0.4, -0.2) is 23.1 Å². The minimum atomic E-state index is -0.540. The molecule has 0 bridgehead atoms. The molecule has 1 aliphatic rings. The molecule has 1 aliphatic heterocycles. The third-order valence-corrected chi connectivity index (χ3v) is 5.40. The van der Waals surface area contributed by atoms with E-state index in [4.69, 9.17) is 14.2 Å². The number of esters is 1. The third-order valence-electron chi connectivity index (χ3n) is 5.40. The molecule has 0 saturated carbocycles. The fourth-order valence-corrected chi connectivity index (χ4v) is 3.58. The molecule has 29 heavy (non-hydrogen) atoms. The highest BCUT2D eigenvalue weighted by Crippen LogP contribution is 2.44. The van der Waals surface area contributed by atoms with E-state index in [0.717, 1.165) is 40.8 Å². The predicted octanol–water partition coefficient (Wildman–Crippen LogP) is 4.61. The Bertz CT molecular complexity index is 967. The lowest BCUT2D eigenvalue weighted by atomic mass is 9.87. The quantitative estimate of drug-likeness (QED) is 0.316. The summed E-state index contributed by atoms with van der Waals surface area (Å²) in [5, 5.41) is 10.8. The number of benzene rings is 2. The van der Waals surface area contributed by atoms with Crippen LogP contribution in [0.2, 0.25) is 0 Å². The molecule has 0 radical (unpaired) electrons. The molecule has 1 heterocycles. The smallest absolute Gasteiger partial charge is 0.308 e. The van der Waals surface area contributed by atoms with E-state index in [2.05, 4.69) is 0 Å². The summed E-state index contributed by atoms with van der Waals surface area (Å²) >= 11 is 0. The maximum atomic E-state index is 11.5. The van der Waals surface area contributed by atoms with E-state index in [0.29, 0.717) is 18.1 Å². The van der Waals surface area contributed by atoms with Crippen LogP contribution in [0.5, 0.6) is 17.2 Å². The average Bonchev–Trinajstić information content (AvgIpc) is 2.68. The number of nitrogens with zero attached hydrogens (tertiary/aromatic N) is 1. The molecule has 0 saturated heterocycles. The van der Waals surface area contributed by atoms with E-state index >= 15 is 0 Å². The van der Waals surface area contributed by atoms with E-state index < -0.39 is 10.5 Å². The SMILES string of the molecule is CC(=O)Oc1c(C)c(C)c2c(c1C)CCC(C)(COc1ccc([N+](=O)[O-])cc1)O2. The van der Waals surface area contributed by atoms with Gasteiger partial charge in [0.2, 0.25) is 0 Å². The van der Waals surface area contributed by atoms with Gasteiger partial charge in [0.25, 0.3) is 5.69 Å². The fourth-order valence-electron chi connectivity index (χ4n) is 3.58. The van der Waals surface area contributed by atoms with Gasteiger partial charge >= 0.3 is 5.97 Å². The van der Waals surface area contributed by atoms with E-state index in [1.165, 1.54) is 19.1 Å². The van der Waals surface area contributed by atoms with Crippen molar-refractivity contribution in [3.05, 3.63) is 56.6 Å². The van der Waals surface area contributed by atoms with Crippen molar-refractivity contribution in [1.29, 1.82) is 0 Å². The molecule has 0 spiro atoms. The highest BCUT2D eigenvalue weighted by molar-refractivity contribution is 5.72. The molecular weight excluding hydrogens is 374 g/mol. The lowest BCUT2D eigenvalue weighted by Gasteiger charge is -2.37. The van der Waals surface area contributed by atoms with Gasteiger partial charge in [0.15, 0.2) is 0 Å². The van der Waals surface area contributed by atoms with Crippen LogP contribution in [0.15, 0.2) is 24.3 Å². The van der Waals surface area contributed by atoms with Gasteiger partial charge < -0.3 is 14.2 Å². The summed E-state index contributed by atoms with van der Waals surface area (Å²) in [5.41, 5.74) is 3.30. The first-order valence-corrected chi connectivity index (χ1v) is 9.48. The van der Waals surface area contributed by atoms with Crippen molar-refractivity contribution in [3.63, 3.8) is 0 Å². The van der Waals surface area contributed by atoms with Gasteiger partial charge in [0.1, 0.15) is 29.5 Å². The highest BCUT2D eigenvalue weighted by atomic mass is 16.6. The lowest BCUT2D eigenvalue weighted by Crippen LogP contribution is -2.42. The van der Waals surface area contributed by atoms with Gasteiger partial charge in [-0.25, -0.2) is 0 Å². The number of carbonyl (C=O) groups excluding carboxylic acids is 1. The van der Waals surface area contributed by atoms with Gasteiger partial charge in [-0.05, 0) is 69.4 Å². The Balaban J connectivity index is 1.80. The second-order valence-corrected chi connectivity index (χ2v) is 7.70. The summed E-state index contributed by atoms with van der Waals surface area (Å²) in [6.45, 7) is 9.53. The van der Waals surface area contributed by atoms with Gasteiger partial charge in [0, 0.05) is 24.6 Å². The number of nitro benzene ring substituents is 1. The van der Waals surface area contributed by atoms with E-state index in [9.17, 15) is 14.9 Å². The number of hydrogen-bond donors (Lipinski definition) is 0. The molecule has 3 rings (SSSR count). The highest BCUT2D eigenvalue weighted by Gasteiger charge is 2.35. The van der Waals surface area contributed by atoms with Gasteiger partial charge in [-0.15, -0.1) is 0 Å². The summed E-state index contributed by atoms with van der Waals surface area (Å²) in [5.74, 6) is 1.65. The van der Waals surface area contributed by atoms with Crippen molar-refractivity contribution < 1.29 is 23.9 Å². The normalized spacial score (nSPS) is 17.8. The molecular formula is C22H25NO6. The Morgan fingerprint density at radius 2 is 1.83 bits per heavy atom. The zero-order chi connectivity index (χ0) is 21.3. The lowest BCUT2D eigenvalue weighted by molar-refractivity contribution is -0.384. The first-order chi connectivity index (χ1) is 13.6. The zero-order valence-corrected chi connectivity index (χ0v) is 17.3. The largest absolute Gasteiger partial charge is 0.489 e. The van der Waals surface area contributed by atoms with Gasteiger partial charge in [-0.3, -0.25) is 14.9 Å². The first kappa shape index (κ1) is 20.6. The van der Waals surface area contributed by atoms with Crippen LogP contribution < -0.4 is 14.2 Å². The van der Waals surface area contributed by atoms with Crippen LogP contribution in [0.25, 0.3) is 0 Å². The van der Waals surface area contributed by atoms with Crippen LogP contribution in [0.1, 0.15) is 42.5 Å². The minimum Gasteiger partial charge on any atom is -0.489 e. The Kier molecular flexibility index (Phi) is 5.50. The zero-order valence-electron chi connectivity index (χ0n) is 17.3. The first-order valence-electron chi connectivity index (χ1n) is 9.48. The number of carbonyl (C=O) groups is 1. The molecule has 1 unspecified atom stereocenters. The Morgan fingerprint density at radius 1 is 1.17 bits per heavy atom. The van der Waals surface area contributed by atoms with Gasteiger partial charge in [-0.2, -0.15) is 0 Å². The van der Waals surface area contributed by atoms with Crippen molar-refractivity contribution in [2.45, 2.75) is 53.1 Å². The topological polar surface area (TPSA) is 87.9 Å². The molecule has 1 atom stereocenters. The average molecular weight is 399 g/mol. The van der Waals surface area contributed by atoms with Gasteiger partial charge in [0.05, 0.1) is 4.92 Å². The number of rotatable bonds is 5. The molecule has 7 nitrogen and oxygen atoms in total. The maximum absolute atomic E-state index is 11.5. The number of fused-ring (bicyclic) bond motifs is 1. The summed E-state index contributed by atoms with van der Waals surface area (Å²) < 4.78 is 17.7. The van der Waals surface area contributed by atoms with E-state index in [1.807, 2.05) is 27.7 Å². The molecule has 0 aliphatic carbocycles. The number of nitro groups is 1. The summed E-state index contributed by atoms with van der Waals surface area (Å²) in [6, 6.07) is 6.01. The molecule has 2 aromatic carbocycles. The number of non-ortho nitro benzene ring substituents is 1. The molecule has 7 heteroatoms. The molecule has 0 fully saturated rings. The molecule has 2 aromatic rings. The number of ether oxygens (including phenoxy) is 3. The molecule has 0 aromatic heterocycles. The van der Waals surface area contributed by atoms with Crippen LogP contribution in [0, 0.1) is 30.9 Å².